The van der Waals surface area contributed by atoms with Crippen LogP contribution >= 0.6 is 0 Å². The van der Waals surface area contributed by atoms with Gasteiger partial charge >= 0.3 is 0 Å². The van der Waals surface area contributed by atoms with E-state index in [0.717, 1.165) is 5.57 Å². The Hall–Kier alpha value is -0.400. The molecule has 2 rings (SSSR count). The second-order valence-corrected chi connectivity index (χ2v) is 2.58. The van der Waals surface area contributed by atoms with E-state index in [2.05, 4.69) is 0 Å². The maximum absolute atomic E-state index is 12.2. The molecule has 2 aliphatic carbocycles. The number of hydrogen-bond donors (Lipinski definition) is 0. The van der Waals surface area contributed by atoms with Gasteiger partial charge in [-0.2, -0.15) is 0 Å². The van der Waals surface area contributed by atoms with Crippen LogP contribution < -0.4 is 0 Å². The fourth-order valence-corrected chi connectivity index (χ4v) is 1.28. The molecule has 0 spiro atoms. The van der Waals surface area contributed by atoms with Gasteiger partial charge in [0.25, 0.3) is 5.92 Å². The van der Waals surface area contributed by atoms with Crippen molar-refractivity contribution in [3.05, 3.63) is 11.6 Å². The molecule has 0 nitrogen and oxygen atoms in total. The summed E-state index contributed by atoms with van der Waals surface area (Å²) >= 11 is 0. The largest absolute Gasteiger partial charge is 0.252 e. The first-order valence-corrected chi connectivity index (χ1v) is 2.76. The van der Waals surface area contributed by atoms with Gasteiger partial charge in [0, 0.05) is 18.8 Å². The van der Waals surface area contributed by atoms with E-state index in [0.29, 0.717) is 0 Å². The van der Waals surface area contributed by atoms with Crippen LogP contribution in [0.2, 0.25) is 0 Å². The average Bonchev–Trinajstić information content (AvgIpc) is 2.11. The van der Waals surface area contributed by atoms with Crippen LogP contribution in [0.1, 0.15) is 12.8 Å². The zero-order chi connectivity index (χ0) is 5.78. The molecule has 1 saturated carbocycles. The van der Waals surface area contributed by atoms with Gasteiger partial charge in [0.05, 0.1) is 0 Å². The lowest BCUT2D eigenvalue weighted by atomic mass is 10.2. The molecule has 0 bridgehead atoms. The first kappa shape index (κ1) is 4.48. The molecule has 8 heavy (non-hydrogen) atoms. The maximum atomic E-state index is 12.2. The summed E-state index contributed by atoms with van der Waals surface area (Å²) in [5.41, 5.74) is 0.981. The molecule has 1 atom stereocenters. The SMILES string of the molecule is FC1(F)CC2=CC2C1. The fraction of sp³-hybridized carbons (Fsp3) is 0.667. The lowest BCUT2D eigenvalue weighted by Crippen LogP contribution is -2.09. The van der Waals surface area contributed by atoms with Crippen LogP contribution in [0.3, 0.4) is 0 Å². The summed E-state index contributed by atoms with van der Waals surface area (Å²) in [6, 6.07) is 0. The van der Waals surface area contributed by atoms with E-state index in [1.54, 1.807) is 0 Å². The molecule has 0 heterocycles. The fourth-order valence-electron chi connectivity index (χ4n) is 1.28. The molecule has 2 heteroatoms. The zero-order valence-electron chi connectivity index (χ0n) is 4.32. The van der Waals surface area contributed by atoms with Crippen molar-refractivity contribution in [1.29, 1.82) is 0 Å². The third-order valence-electron chi connectivity index (χ3n) is 1.76. The van der Waals surface area contributed by atoms with Gasteiger partial charge in [-0.05, 0) is 0 Å². The molecule has 1 unspecified atom stereocenters. The Kier molecular flexibility index (Phi) is 0.543. The summed E-state index contributed by atoms with van der Waals surface area (Å²) in [5.74, 6) is -2.15. The van der Waals surface area contributed by atoms with Crippen LogP contribution in [0.5, 0.6) is 0 Å². The highest BCUT2D eigenvalue weighted by Crippen LogP contribution is 2.51. The molecule has 1 fully saturated rings. The molecular weight excluding hydrogens is 110 g/mol. The van der Waals surface area contributed by atoms with Gasteiger partial charge in [-0.1, -0.05) is 11.6 Å². The number of allylic oxidation sites excluding steroid dienone is 2. The summed E-state index contributed by atoms with van der Waals surface area (Å²) in [4.78, 5) is 0. The van der Waals surface area contributed by atoms with Crippen LogP contribution in [-0.2, 0) is 0 Å². The van der Waals surface area contributed by atoms with E-state index in [-0.39, 0.29) is 18.8 Å². The molecule has 0 aromatic heterocycles. The Morgan fingerprint density at radius 1 is 1.62 bits per heavy atom. The van der Waals surface area contributed by atoms with E-state index in [1.807, 2.05) is 6.08 Å². The number of alkyl halides is 2. The van der Waals surface area contributed by atoms with E-state index in [4.69, 9.17) is 0 Å². The minimum atomic E-state index is -2.35. The third kappa shape index (κ3) is 0.487. The van der Waals surface area contributed by atoms with Gasteiger partial charge in [0.2, 0.25) is 0 Å². The first-order chi connectivity index (χ1) is 3.67. The Labute approximate surface area is 46.2 Å². The predicted octanol–water partition coefficient (Wildman–Crippen LogP) is 1.97. The molecule has 0 N–H and O–H groups in total. The van der Waals surface area contributed by atoms with Crippen molar-refractivity contribution in [2.75, 3.05) is 0 Å². The molecule has 2 aliphatic rings. The summed E-state index contributed by atoms with van der Waals surface area (Å²) < 4.78 is 24.4. The summed E-state index contributed by atoms with van der Waals surface area (Å²) in [5, 5.41) is 0. The van der Waals surface area contributed by atoms with Crippen molar-refractivity contribution < 1.29 is 8.78 Å². The van der Waals surface area contributed by atoms with Gasteiger partial charge in [-0.15, -0.1) is 0 Å². The number of hydrogen-bond acceptors (Lipinski definition) is 0. The van der Waals surface area contributed by atoms with E-state index in [1.165, 1.54) is 0 Å². The van der Waals surface area contributed by atoms with Crippen molar-refractivity contribution in [3.8, 4) is 0 Å². The second-order valence-electron chi connectivity index (χ2n) is 2.58. The normalized spacial score (nSPS) is 38.8. The van der Waals surface area contributed by atoms with E-state index in [9.17, 15) is 8.78 Å². The second kappa shape index (κ2) is 0.971. The smallest absolute Gasteiger partial charge is 0.206 e. The van der Waals surface area contributed by atoms with Gasteiger partial charge < -0.3 is 0 Å². The monoisotopic (exact) mass is 116 g/mol. The standard InChI is InChI=1S/C6H6F2/c7-6(8)2-4-1-5(4)3-6/h1,4H,2-3H2. The van der Waals surface area contributed by atoms with Crippen LogP contribution in [-0.4, -0.2) is 5.92 Å². The average molecular weight is 116 g/mol. The van der Waals surface area contributed by atoms with Crippen LogP contribution in [0.15, 0.2) is 11.6 Å². The molecule has 0 aromatic carbocycles. The quantitative estimate of drug-likeness (QED) is 0.424. The zero-order valence-corrected chi connectivity index (χ0v) is 4.32. The Bertz CT molecular complexity index is 158. The van der Waals surface area contributed by atoms with Gasteiger partial charge in [0.15, 0.2) is 0 Å². The molecule has 0 aliphatic heterocycles. The van der Waals surface area contributed by atoms with Crippen molar-refractivity contribution in [3.63, 3.8) is 0 Å². The number of halogens is 2. The molecule has 0 radical (unpaired) electrons. The number of fused-ring (bicyclic) bond motifs is 1. The van der Waals surface area contributed by atoms with Gasteiger partial charge in [0.1, 0.15) is 0 Å². The molecule has 0 amide bonds. The predicted molar refractivity (Wildman–Crippen MR) is 25.8 cm³/mol. The van der Waals surface area contributed by atoms with E-state index < -0.39 is 5.92 Å². The van der Waals surface area contributed by atoms with Crippen LogP contribution in [0.25, 0.3) is 0 Å². The van der Waals surface area contributed by atoms with Crippen molar-refractivity contribution in [2.45, 2.75) is 18.8 Å². The highest BCUT2D eigenvalue weighted by atomic mass is 19.3. The Morgan fingerprint density at radius 2 is 2.38 bits per heavy atom. The van der Waals surface area contributed by atoms with Crippen LogP contribution in [0.4, 0.5) is 8.78 Å². The van der Waals surface area contributed by atoms with E-state index >= 15 is 0 Å². The highest BCUT2D eigenvalue weighted by Gasteiger charge is 2.47. The lowest BCUT2D eigenvalue weighted by molar-refractivity contribution is 0.00724. The molecule has 44 valence electrons. The van der Waals surface area contributed by atoms with Gasteiger partial charge in [-0.3, -0.25) is 0 Å². The van der Waals surface area contributed by atoms with Crippen molar-refractivity contribution in [1.82, 2.24) is 0 Å². The minimum absolute atomic E-state index is 0.0394. The summed E-state index contributed by atoms with van der Waals surface area (Å²) in [7, 11) is 0. The highest BCUT2D eigenvalue weighted by molar-refractivity contribution is 5.35. The first-order valence-electron chi connectivity index (χ1n) is 2.76. The van der Waals surface area contributed by atoms with Gasteiger partial charge in [-0.25, -0.2) is 8.78 Å². The molecule has 0 aromatic rings. The summed E-state index contributed by atoms with van der Waals surface area (Å²) in [6.07, 6.45) is 2.05. The third-order valence-corrected chi connectivity index (χ3v) is 1.76. The maximum Gasteiger partial charge on any atom is 0.252 e. The van der Waals surface area contributed by atoms with Crippen LogP contribution in [0, 0.1) is 5.92 Å². The Balaban J connectivity index is 2.16. The van der Waals surface area contributed by atoms with Crippen molar-refractivity contribution >= 4 is 0 Å². The molecular formula is C6H6F2. The lowest BCUT2D eigenvalue weighted by Gasteiger charge is -2.05. The topological polar surface area (TPSA) is 0 Å². The van der Waals surface area contributed by atoms with Crippen molar-refractivity contribution in [2.24, 2.45) is 5.92 Å². The minimum Gasteiger partial charge on any atom is -0.206 e. The Morgan fingerprint density at radius 3 is 2.62 bits per heavy atom. The number of rotatable bonds is 0. The molecule has 0 saturated heterocycles. The summed E-state index contributed by atoms with van der Waals surface area (Å²) in [6.45, 7) is 0.